The van der Waals surface area contributed by atoms with Crippen LogP contribution in [0.25, 0.3) is 0 Å². The molecule has 0 bridgehead atoms. The molecular weight excluding hydrogens is 265 g/mol. The Morgan fingerprint density at radius 1 is 1.47 bits per heavy atom. The zero-order chi connectivity index (χ0) is 13.7. The summed E-state index contributed by atoms with van der Waals surface area (Å²) in [4.78, 5) is 0. The summed E-state index contributed by atoms with van der Waals surface area (Å²) in [6.07, 6.45) is 5.02. The molecule has 19 heavy (non-hydrogen) atoms. The fraction of sp³-hybridized carbons (Fsp3) is 0.600. The topological polar surface area (TPSA) is 21.3 Å². The van der Waals surface area contributed by atoms with Gasteiger partial charge in [-0.2, -0.15) is 0 Å². The molecule has 2 atom stereocenters. The molecule has 0 saturated carbocycles. The van der Waals surface area contributed by atoms with E-state index in [1.807, 2.05) is 6.92 Å². The Labute approximate surface area is 119 Å². The first-order valence-corrected chi connectivity index (χ1v) is 7.34. The SMILES string of the molecule is CC(NCCC1CCCCO1)c1ccc(F)cc1Cl. The molecule has 0 spiro atoms. The van der Waals surface area contributed by atoms with E-state index in [-0.39, 0.29) is 11.9 Å². The second-order valence-corrected chi connectivity index (χ2v) is 5.53. The van der Waals surface area contributed by atoms with Gasteiger partial charge < -0.3 is 10.1 Å². The van der Waals surface area contributed by atoms with Crippen molar-refractivity contribution in [1.29, 1.82) is 0 Å². The van der Waals surface area contributed by atoms with Crippen LogP contribution < -0.4 is 5.32 Å². The Bertz CT molecular complexity index is 407. The molecule has 2 nitrogen and oxygen atoms in total. The molecule has 1 aliphatic rings. The van der Waals surface area contributed by atoms with Crippen LogP contribution in [-0.4, -0.2) is 19.3 Å². The van der Waals surface area contributed by atoms with Gasteiger partial charge in [-0.05, 0) is 56.8 Å². The lowest BCUT2D eigenvalue weighted by Gasteiger charge is -2.23. The van der Waals surface area contributed by atoms with Gasteiger partial charge in [0.1, 0.15) is 5.82 Å². The molecule has 1 saturated heterocycles. The molecule has 1 aliphatic heterocycles. The molecular formula is C15H21ClFNO. The largest absolute Gasteiger partial charge is 0.378 e. The van der Waals surface area contributed by atoms with Crippen molar-refractivity contribution in [1.82, 2.24) is 5.32 Å². The zero-order valence-electron chi connectivity index (χ0n) is 11.3. The Balaban J connectivity index is 1.78. The first-order chi connectivity index (χ1) is 9.16. The molecule has 106 valence electrons. The highest BCUT2D eigenvalue weighted by Crippen LogP contribution is 2.24. The summed E-state index contributed by atoms with van der Waals surface area (Å²) in [5.74, 6) is -0.295. The number of hydrogen-bond acceptors (Lipinski definition) is 2. The number of ether oxygens (including phenoxy) is 1. The van der Waals surface area contributed by atoms with Crippen molar-refractivity contribution in [3.05, 3.63) is 34.6 Å². The van der Waals surface area contributed by atoms with Gasteiger partial charge >= 0.3 is 0 Å². The summed E-state index contributed by atoms with van der Waals surface area (Å²) in [6.45, 7) is 3.82. The number of halogens is 2. The van der Waals surface area contributed by atoms with E-state index in [4.69, 9.17) is 16.3 Å². The van der Waals surface area contributed by atoms with Crippen molar-refractivity contribution in [3.63, 3.8) is 0 Å². The van der Waals surface area contributed by atoms with Crippen LogP contribution in [0.1, 0.15) is 44.2 Å². The summed E-state index contributed by atoms with van der Waals surface area (Å²) in [6, 6.07) is 4.67. The lowest BCUT2D eigenvalue weighted by molar-refractivity contribution is 0.0112. The number of nitrogens with one attached hydrogen (secondary N) is 1. The number of benzene rings is 1. The van der Waals surface area contributed by atoms with Crippen molar-refractivity contribution in [2.75, 3.05) is 13.2 Å². The third-order valence-electron chi connectivity index (χ3n) is 3.62. The van der Waals surface area contributed by atoms with Crippen LogP contribution in [0.5, 0.6) is 0 Å². The summed E-state index contributed by atoms with van der Waals surface area (Å²) in [5, 5.41) is 3.90. The molecule has 1 N–H and O–H groups in total. The average molecular weight is 286 g/mol. The van der Waals surface area contributed by atoms with E-state index in [9.17, 15) is 4.39 Å². The predicted molar refractivity (Wildman–Crippen MR) is 76.0 cm³/mol. The van der Waals surface area contributed by atoms with Gasteiger partial charge in [0.15, 0.2) is 0 Å². The summed E-state index contributed by atoms with van der Waals surface area (Å²) >= 11 is 6.05. The molecule has 1 aromatic carbocycles. The molecule has 0 radical (unpaired) electrons. The van der Waals surface area contributed by atoms with Gasteiger partial charge in [0.2, 0.25) is 0 Å². The molecule has 4 heteroatoms. The van der Waals surface area contributed by atoms with Crippen LogP contribution in [0.2, 0.25) is 5.02 Å². The van der Waals surface area contributed by atoms with Gasteiger partial charge in [0.05, 0.1) is 6.10 Å². The first-order valence-electron chi connectivity index (χ1n) is 6.97. The third kappa shape index (κ3) is 4.44. The minimum Gasteiger partial charge on any atom is -0.378 e. The Morgan fingerprint density at radius 3 is 3.00 bits per heavy atom. The summed E-state index contributed by atoms with van der Waals surface area (Å²) in [7, 11) is 0. The fourth-order valence-corrected chi connectivity index (χ4v) is 2.79. The molecule has 0 amide bonds. The van der Waals surface area contributed by atoms with Crippen LogP contribution in [0.3, 0.4) is 0 Å². The number of rotatable bonds is 5. The maximum Gasteiger partial charge on any atom is 0.124 e. The summed E-state index contributed by atoms with van der Waals surface area (Å²) in [5.41, 5.74) is 0.938. The maximum absolute atomic E-state index is 13.0. The quantitative estimate of drug-likeness (QED) is 0.880. The normalized spacial score (nSPS) is 21.3. The van der Waals surface area contributed by atoms with Gasteiger partial charge in [0.25, 0.3) is 0 Å². The summed E-state index contributed by atoms with van der Waals surface area (Å²) < 4.78 is 18.7. The average Bonchev–Trinajstić information content (AvgIpc) is 2.39. The van der Waals surface area contributed by atoms with Crippen molar-refractivity contribution >= 4 is 11.6 Å². The predicted octanol–water partition coefficient (Wildman–Crippen LogP) is 4.09. The van der Waals surface area contributed by atoms with E-state index in [0.717, 1.165) is 31.6 Å². The van der Waals surface area contributed by atoms with Crippen LogP contribution in [0.15, 0.2) is 18.2 Å². The lowest BCUT2D eigenvalue weighted by Crippen LogP contribution is -2.27. The molecule has 2 rings (SSSR count). The molecule has 0 aliphatic carbocycles. The standard InChI is InChI=1S/C15H21ClFNO/c1-11(14-6-5-12(17)10-15(14)16)18-8-7-13-4-2-3-9-19-13/h5-6,10-11,13,18H,2-4,7-9H2,1H3. The molecule has 1 fully saturated rings. The van der Waals surface area contributed by atoms with E-state index in [1.165, 1.54) is 25.0 Å². The molecule has 1 aromatic rings. The Kier molecular flexibility index (Phi) is 5.61. The van der Waals surface area contributed by atoms with E-state index < -0.39 is 0 Å². The molecule has 0 aromatic heterocycles. The monoisotopic (exact) mass is 285 g/mol. The third-order valence-corrected chi connectivity index (χ3v) is 3.95. The van der Waals surface area contributed by atoms with Crippen LogP contribution >= 0.6 is 11.6 Å². The van der Waals surface area contributed by atoms with Crippen molar-refractivity contribution in [3.8, 4) is 0 Å². The molecule has 1 heterocycles. The fourth-order valence-electron chi connectivity index (χ4n) is 2.46. The van der Waals surface area contributed by atoms with Crippen molar-refractivity contribution in [2.24, 2.45) is 0 Å². The van der Waals surface area contributed by atoms with E-state index in [1.54, 1.807) is 6.07 Å². The van der Waals surface area contributed by atoms with Crippen LogP contribution in [0, 0.1) is 5.82 Å². The highest BCUT2D eigenvalue weighted by molar-refractivity contribution is 6.31. The Hall–Kier alpha value is -0.640. The van der Waals surface area contributed by atoms with Crippen LogP contribution in [0.4, 0.5) is 4.39 Å². The van der Waals surface area contributed by atoms with E-state index in [0.29, 0.717) is 11.1 Å². The van der Waals surface area contributed by atoms with Crippen LogP contribution in [-0.2, 0) is 4.74 Å². The highest BCUT2D eigenvalue weighted by atomic mass is 35.5. The van der Waals surface area contributed by atoms with Crippen molar-refractivity contribution < 1.29 is 9.13 Å². The van der Waals surface area contributed by atoms with Gasteiger partial charge in [-0.1, -0.05) is 17.7 Å². The maximum atomic E-state index is 13.0. The van der Waals surface area contributed by atoms with Gasteiger partial charge in [-0.15, -0.1) is 0 Å². The van der Waals surface area contributed by atoms with E-state index in [2.05, 4.69) is 5.32 Å². The minimum absolute atomic E-state index is 0.122. The second kappa shape index (κ2) is 7.22. The molecule has 2 unspecified atom stereocenters. The lowest BCUT2D eigenvalue weighted by atomic mass is 10.1. The van der Waals surface area contributed by atoms with Crippen molar-refractivity contribution in [2.45, 2.75) is 44.8 Å². The van der Waals surface area contributed by atoms with Gasteiger partial charge in [-0.3, -0.25) is 0 Å². The smallest absolute Gasteiger partial charge is 0.124 e. The zero-order valence-corrected chi connectivity index (χ0v) is 12.0. The number of hydrogen-bond donors (Lipinski definition) is 1. The highest BCUT2D eigenvalue weighted by Gasteiger charge is 2.14. The Morgan fingerprint density at radius 2 is 2.32 bits per heavy atom. The minimum atomic E-state index is -0.295. The van der Waals surface area contributed by atoms with Gasteiger partial charge in [0, 0.05) is 17.7 Å². The second-order valence-electron chi connectivity index (χ2n) is 5.12. The first kappa shape index (κ1) is 14.8. The van der Waals surface area contributed by atoms with E-state index >= 15 is 0 Å². The van der Waals surface area contributed by atoms with Gasteiger partial charge in [-0.25, -0.2) is 4.39 Å².